The van der Waals surface area contributed by atoms with Crippen molar-refractivity contribution in [2.75, 3.05) is 26.4 Å². The zero-order chi connectivity index (χ0) is 19.9. The number of nitro benzene ring substituents is 1. The number of nitrogens with one attached hydrogen (secondary N) is 1. The smallest absolute Gasteiger partial charge is 0.269 e. The minimum atomic E-state index is -3.72. The van der Waals surface area contributed by atoms with Crippen LogP contribution in [0.1, 0.15) is 32.6 Å². The summed E-state index contributed by atoms with van der Waals surface area (Å²) in [7, 11) is -3.72. The normalized spacial score (nSPS) is 23.3. The fraction of sp³-hybridized carbons (Fsp3) is 0.647. The number of nitrogens with zero attached hydrogens (tertiary/aromatic N) is 1. The molecule has 0 spiro atoms. The molecule has 27 heavy (non-hydrogen) atoms. The molecule has 1 saturated carbocycles. The average molecular weight is 465 g/mol. The van der Waals surface area contributed by atoms with E-state index in [4.69, 9.17) is 9.47 Å². The molecule has 2 atom stereocenters. The Balaban J connectivity index is 1.66. The number of sulfonamides is 1. The summed E-state index contributed by atoms with van der Waals surface area (Å²) in [5.41, 5.74) is -0.339. The van der Waals surface area contributed by atoms with E-state index in [2.05, 4.69) is 27.6 Å². The van der Waals surface area contributed by atoms with Crippen molar-refractivity contribution in [3.63, 3.8) is 0 Å². The second-order valence-electron chi connectivity index (χ2n) is 6.64. The Labute approximate surface area is 167 Å². The van der Waals surface area contributed by atoms with Crippen molar-refractivity contribution in [3.05, 3.63) is 34.4 Å². The zero-order valence-corrected chi connectivity index (χ0v) is 17.6. The molecule has 1 aromatic carbocycles. The molecule has 1 N–H and O–H groups in total. The highest BCUT2D eigenvalue weighted by Gasteiger charge is 2.35. The van der Waals surface area contributed by atoms with Crippen LogP contribution < -0.4 is 4.72 Å². The van der Waals surface area contributed by atoms with Crippen molar-refractivity contribution >= 4 is 31.6 Å². The molecule has 0 aliphatic heterocycles. The van der Waals surface area contributed by atoms with E-state index >= 15 is 0 Å². The third-order valence-corrected chi connectivity index (χ3v) is 7.50. The monoisotopic (exact) mass is 464 g/mol. The largest absolute Gasteiger partial charge is 0.378 e. The lowest BCUT2D eigenvalue weighted by Crippen LogP contribution is -2.42. The van der Waals surface area contributed by atoms with E-state index in [1.54, 1.807) is 0 Å². The summed E-state index contributed by atoms with van der Waals surface area (Å²) in [6.07, 6.45) is 4.48. The molecule has 0 bridgehead atoms. The number of halogens is 1. The highest BCUT2D eigenvalue weighted by molar-refractivity contribution is 9.09. The second-order valence-corrected chi connectivity index (χ2v) is 9.51. The molecular formula is C17H25BrN2O6S. The Morgan fingerprint density at radius 1 is 1.26 bits per heavy atom. The van der Waals surface area contributed by atoms with Crippen LogP contribution in [0.3, 0.4) is 0 Å². The van der Waals surface area contributed by atoms with Gasteiger partial charge < -0.3 is 9.47 Å². The average Bonchev–Trinajstić information content (AvgIpc) is 2.63. The maximum absolute atomic E-state index is 12.1. The van der Waals surface area contributed by atoms with Gasteiger partial charge in [-0.1, -0.05) is 28.8 Å². The zero-order valence-electron chi connectivity index (χ0n) is 15.2. The van der Waals surface area contributed by atoms with Gasteiger partial charge in [0.2, 0.25) is 10.0 Å². The molecule has 1 aliphatic rings. The van der Waals surface area contributed by atoms with Crippen molar-refractivity contribution < 1.29 is 22.8 Å². The molecule has 2 rings (SSSR count). The van der Waals surface area contributed by atoms with E-state index in [0.717, 1.165) is 31.4 Å². The van der Waals surface area contributed by atoms with Crippen LogP contribution in [-0.4, -0.2) is 50.1 Å². The van der Waals surface area contributed by atoms with Gasteiger partial charge in [0, 0.05) is 23.5 Å². The molecule has 0 unspecified atom stereocenters. The van der Waals surface area contributed by atoms with Crippen LogP contribution in [0.25, 0.3) is 0 Å². The number of ether oxygens (including phenoxy) is 2. The predicted molar refractivity (Wildman–Crippen MR) is 105 cm³/mol. The minimum absolute atomic E-state index is 0.0231. The topological polar surface area (TPSA) is 108 Å². The number of nitro groups is 1. The number of hydrogen-bond acceptors (Lipinski definition) is 6. The van der Waals surface area contributed by atoms with Gasteiger partial charge in [0.25, 0.3) is 5.69 Å². The number of non-ortho nitro benzene ring substituents is 1. The lowest BCUT2D eigenvalue weighted by atomic mass is 9.86. The third kappa shape index (κ3) is 6.49. The molecule has 0 amide bonds. The van der Waals surface area contributed by atoms with Crippen molar-refractivity contribution in [2.24, 2.45) is 0 Å². The standard InChI is InChI=1S/C17H25BrN2O6S/c1-17(9-3-2-4-16(17)18)26-13-12-25-11-10-19-27(23,24)15-7-5-14(6-8-15)20(21)22/h5-8,16,19H,2-4,9-13H2,1H3/t16-,17-/m0/s1. The minimum Gasteiger partial charge on any atom is -0.378 e. The van der Waals surface area contributed by atoms with E-state index in [0.29, 0.717) is 18.0 Å². The van der Waals surface area contributed by atoms with Crippen molar-refractivity contribution in [3.8, 4) is 0 Å². The maximum Gasteiger partial charge on any atom is 0.269 e. The van der Waals surface area contributed by atoms with Gasteiger partial charge in [-0.2, -0.15) is 0 Å². The van der Waals surface area contributed by atoms with Crippen LogP contribution >= 0.6 is 15.9 Å². The van der Waals surface area contributed by atoms with Gasteiger partial charge in [-0.05, 0) is 31.9 Å². The first-order valence-electron chi connectivity index (χ1n) is 8.84. The van der Waals surface area contributed by atoms with Gasteiger partial charge >= 0.3 is 0 Å². The first kappa shape index (κ1) is 22.2. The van der Waals surface area contributed by atoms with Crippen molar-refractivity contribution in [2.45, 2.75) is 47.9 Å². The van der Waals surface area contributed by atoms with Crippen LogP contribution in [0.15, 0.2) is 29.2 Å². The fourth-order valence-electron chi connectivity index (χ4n) is 2.94. The number of benzene rings is 1. The summed E-state index contributed by atoms with van der Waals surface area (Å²) < 4.78 is 38.0. The van der Waals surface area contributed by atoms with E-state index in [-0.39, 0.29) is 29.3 Å². The number of hydrogen-bond donors (Lipinski definition) is 1. The van der Waals surface area contributed by atoms with Crippen LogP contribution in [0.5, 0.6) is 0 Å². The maximum atomic E-state index is 12.1. The first-order chi connectivity index (χ1) is 12.7. The summed E-state index contributed by atoms with van der Waals surface area (Å²) in [5.74, 6) is 0. The molecule has 1 fully saturated rings. The third-order valence-electron chi connectivity index (χ3n) is 4.60. The Bertz CT molecular complexity index is 727. The summed E-state index contributed by atoms with van der Waals surface area (Å²) in [6.45, 7) is 3.26. The Hall–Kier alpha value is -1.07. The second kappa shape index (κ2) is 9.92. The molecule has 152 valence electrons. The van der Waals surface area contributed by atoms with E-state index < -0.39 is 14.9 Å². The molecule has 0 heterocycles. The van der Waals surface area contributed by atoms with Gasteiger partial charge in [-0.15, -0.1) is 0 Å². The molecule has 1 aliphatic carbocycles. The quantitative estimate of drug-likeness (QED) is 0.246. The number of alkyl halides is 1. The summed E-state index contributed by atoms with van der Waals surface area (Å²) in [4.78, 5) is 10.3. The fourth-order valence-corrected chi connectivity index (χ4v) is 4.64. The van der Waals surface area contributed by atoms with Gasteiger partial charge in [-0.3, -0.25) is 10.1 Å². The van der Waals surface area contributed by atoms with Crippen molar-refractivity contribution in [1.82, 2.24) is 4.72 Å². The first-order valence-corrected chi connectivity index (χ1v) is 11.2. The van der Waals surface area contributed by atoms with Crippen LogP contribution in [0, 0.1) is 10.1 Å². The molecule has 0 radical (unpaired) electrons. The van der Waals surface area contributed by atoms with E-state index in [9.17, 15) is 18.5 Å². The Kier molecular flexibility index (Phi) is 8.17. The van der Waals surface area contributed by atoms with Gasteiger partial charge in [0.15, 0.2) is 0 Å². The van der Waals surface area contributed by atoms with Gasteiger partial charge in [0.05, 0.1) is 35.2 Å². The summed E-state index contributed by atoms with van der Waals surface area (Å²) in [6, 6.07) is 4.73. The predicted octanol–water partition coefficient (Wildman–Crippen LogP) is 3.00. The molecule has 0 saturated heterocycles. The van der Waals surface area contributed by atoms with Crippen LogP contribution in [0.4, 0.5) is 5.69 Å². The number of rotatable bonds is 10. The van der Waals surface area contributed by atoms with E-state index in [1.165, 1.54) is 18.6 Å². The lowest BCUT2D eigenvalue weighted by Gasteiger charge is -2.38. The van der Waals surface area contributed by atoms with Gasteiger partial charge in [-0.25, -0.2) is 13.1 Å². The summed E-state index contributed by atoms with van der Waals surface area (Å²) in [5, 5.41) is 10.6. The highest BCUT2D eigenvalue weighted by atomic mass is 79.9. The molecule has 0 aromatic heterocycles. The van der Waals surface area contributed by atoms with E-state index in [1.807, 2.05) is 0 Å². The molecule has 8 nitrogen and oxygen atoms in total. The Morgan fingerprint density at radius 2 is 1.96 bits per heavy atom. The summed E-state index contributed by atoms with van der Waals surface area (Å²) >= 11 is 3.68. The van der Waals surface area contributed by atoms with Gasteiger partial charge in [0.1, 0.15) is 0 Å². The Morgan fingerprint density at radius 3 is 2.59 bits per heavy atom. The SMILES string of the molecule is C[C@]1(OCCOCCNS(=O)(=O)c2ccc([N+](=O)[O-])cc2)CCCC[C@@H]1Br. The van der Waals surface area contributed by atoms with Crippen LogP contribution in [-0.2, 0) is 19.5 Å². The van der Waals surface area contributed by atoms with Crippen LogP contribution in [0.2, 0.25) is 0 Å². The highest BCUT2D eigenvalue weighted by Crippen LogP contribution is 2.36. The molecule has 10 heteroatoms. The molecular weight excluding hydrogens is 440 g/mol. The van der Waals surface area contributed by atoms with Crippen molar-refractivity contribution in [1.29, 1.82) is 0 Å². The molecule has 1 aromatic rings. The lowest BCUT2D eigenvalue weighted by molar-refractivity contribution is -0.384.